The van der Waals surface area contributed by atoms with Gasteiger partial charge in [-0.3, -0.25) is 0 Å². The fraction of sp³-hybridized carbons (Fsp3) is 0.429. The summed E-state index contributed by atoms with van der Waals surface area (Å²) in [6.07, 6.45) is 25.0. The normalized spacial score (nSPS) is 26.3. The number of hydrogen-bond donors (Lipinski definition) is 0. The molecule has 0 radical (unpaired) electrons. The van der Waals surface area contributed by atoms with Gasteiger partial charge < -0.3 is 0 Å². The molecule has 0 spiro atoms. The minimum absolute atomic E-state index is 1.09. The van der Waals surface area contributed by atoms with Crippen molar-refractivity contribution in [3.8, 4) is 0 Å². The zero-order valence-electron chi connectivity index (χ0n) is 8.86. The Balaban J connectivity index is 2.33. The Labute approximate surface area is 87.7 Å². The molecule has 0 aromatic heterocycles. The van der Waals surface area contributed by atoms with Crippen molar-refractivity contribution in [2.75, 3.05) is 0 Å². The molecule has 0 aromatic rings. The van der Waals surface area contributed by atoms with E-state index in [9.17, 15) is 0 Å². The van der Waals surface area contributed by atoms with Crippen LogP contribution in [0.25, 0.3) is 0 Å². The van der Waals surface area contributed by atoms with Gasteiger partial charge >= 0.3 is 0 Å². The number of allylic oxidation sites excluding steroid dienone is 8. The lowest BCUT2D eigenvalue weighted by Crippen LogP contribution is -1.69. The molecule has 0 amide bonds. The van der Waals surface area contributed by atoms with Gasteiger partial charge in [-0.25, -0.2) is 0 Å². The average Bonchev–Trinajstić information content (AvgIpc) is 2.22. The lowest BCUT2D eigenvalue weighted by atomic mass is 10.2. The smallest absolute Gasteiger partial charge is 0.0169 e. The molecule has 0 unspecified atom stereocenters. The first kappa shape index (κ1) is 11.0. The predicted octanol–water partition coefficient (Wildman–Crippen LogP) is 4.57. The van der Waals surface area contributed by atoms with Crippen molar-refractivity contribution in [2.24, 2.45) is 0 Å². The molecule has 0 saturated carbocycles. The standard InChI is InChI=1S/C14H20/c1-2-4-6-8-10-12-14-13-11-9-7-5-3-1/h1-2,5,7-8,10,13-14H,3-4,6,9,11-12H2/b2-1+,7-5+,10-8+,14-13?. The topological polar surface area (TPSA) is 0 Å². The highest BCUT2D eigenvalue weighted by Crippen LogP contribution is 2.00. The van der Waals surface area contributed by atoms with Crippen LogP contribution in [0.2, 0.25) is 0 Å². The van der Waals surface area contributed by atoms with Crippen LogP contribution in [0, 0.1) is 0 Å². The average molecular weight is 188 g/mol. The van der Waals surface area contributed by atoms with Crippen LogP contribution in [-0.2, 0) is 0 Å². The molecule has 1 aliphatic carbocycles. The highest BCUT2D eigenvalue weighted by molar-refractivity contribution is 4.98. The van der Waals surface area contributed by atoms with Gasteiger partial charge in [0.05, 0.1) is 0 Å². The first-order valence-corrected chi connectivity index (χ1v) is 5.60. The van der Waals surface area contributed by atoms with Crippen molar-refractivity contribution in [3.05, 3.63) is 48.6 Å². The molecule has 14 heavy (non-hydrogen) atoms. The SMILES string of the molecule is C1=CCC/C=C/C/C=C/CC/C=C/C1. The van der Waals surface area contributed by atoms with E-state index in [4.69, 9.17) is 0 Å². The van der Waals surface area contributed by atoms with Crippen molar-refractivity contribution in [1.82, 2.24) is 0 Å². The molecule has 0 nitrogen and oxygen atoms in total. The van der Waals surface area contributed by atoms with E-state index in [0.717, 1.165) is 12.8 Å². The molecule has 1 rings (SSSR count). The minimum Gasteiger partial charge on any atom is -0.0879 e. The molecular formula is C14H20. The Morgan fingerprint density at radius 3 is 0.929 bits per heavy atom. The zero-order valence-corrected chi connectivity index (χ0v) is 8.86. The molecular weight excluding hydrogens is 168 g/mol. The van der Waals surface area contributed by atoms with E-state index in [-0.39, 0.29) is 0 Å². The van der Waals surface area contributed by atoms with Crippen LogP contribution in [0.5, 0.6) is 0 Å². The van der Waals surface area contributed by atoms with Gasteiger partial charge in [0.1, 0.15) is 0 Å². The third kappa shape index (κ3) is 6.47. The van der Waals surface area contributed by atoms with Gasteiger partial charge in [0, 0.05) is 0 Å². The molecule has 0 N–H and O–H groups in total. The van der Waals surface area contributed by atoms with Gasteiger partial charge in [0.2, 0.25) is 0 Å². The Morgan fingerprint density at radius 1 is 0.357 bits per heavy atom. The van der Waals surface area contributed by atoms with E-state index in [1.165, 1.54) is 25.7 Å². The number of hydrogen-bond acceptors (Lipinski definition) is 0. The monoisotopic (exact) mass is 188 g/mol. The van der Waals surface area contributed by atoms with Gasteiger partial charge in [0.15, 0.2) is 0 Å². The summed E-state index contributed by atoms with van der Waals surface area (Å²) in [6, 6.07) is 0. The second-order valence-electron chi connectivity index (χ2n) is 3.51. The second kappa shape index (κ2) is 8.55. The van der Waals surface area contributed by atoms with Crippen LogP contribution in [0.3, 0.4) is 0 Å². The van der Waals surface area contributed by atoms with E-state index in [2.05, 4.69) is 48.6 Å². The summed E-state index contributed by atoms with van der Waals surface area (Å²) < 4.78 is 0. The van der Waals surface area contributed by atoms with E-state index >= 15 is 0 Å². The number of rotatable bonds is 0. The van der Waals surface area contributed by atoms with Crippen LogP contribution in [0.15, 0.2) is 48.6 Å². The maximum absolute atomic E-state index is 2.27. The van der Waals surface area contributed by atoms with Crippen LogP contribution in [0.4, 0.5) is 0 Å². The lowest BCUT2D eigenvalue weighted by molar-refractivity contribution is 1.02. The Morgan fingerprint density at radius 2 is 0.643 bits per heavy atom. The minimum atomic E-state index is 1.09. The maximum atomic E-state index is 2.27. The fourth-order valence-electron chi connectivity index (χ4n) is 1.40. The van der Waals surface area contributed by atoms with Gasteiger partial charge in [0.25, 0.3) is 0 Å². The molecule has 0 heterocycles. The summed E-state index contributed by atoms with van der Waals surface area (Å²) in [5, 5.41) is 0. The molecule has 0 fully saturated rings. The highest BCUT2D eigenvalue weighted by Gasteiger charge is 1.80. The van der Waals surface area contributed by atoms with E-state index < -0.39 is 0 Å². The van der Waals surface area contributed by atoms with Crippen molar-refractivity contribution in [3.63, 3.8) is 0 Å². The summed E-state index contributed by atoms with van der Waals surface area (Å²) in [5.74, 6) is 0. The van der Waals surface area contributed by atoms with Gasteiger partial charge in [-0.1, -0.05) is 48.6 Å². The summed E-state index contributed by atoms with van der Waals surface area (Å²) in [7, 11) is 0. The summed E-state index contributed by atoms with van der Waals surface area (Å²) in [4.78, 5) is 0. The van der Waals surface area contributed by atoms with E-state index in [1.807, 2.05) is 0 Å². The second-order valence-corrected chi connectivity index (χ2v) is 3.51. The zero-order chi connectivity index (χ0) is 9.90. The van der Waals surface area contributed by atoms with Crippen molar-refractivity contribution in [1.29, 1.82) is 0 Å². The largest absolute Gasteiger partial charge is 0.0879 e. The summed E-state index contributed by atoms with van der Waals surface area (Å²) >= 11 is 0. The molecule has 0 aliphatic heterocycles. The molecule has 0 atom stereocenters. The first-order valence-electron chi connectivity index (χ1n) is 5.60. The van der Waals surface area contributed by atoms with Gasteiger partial charge in [-0.2, -0.15) is 0 Å². The van der Waals surface area contributed by atoms with E-state index in [0.29, 0.717) is 0 Å². The molecule has 0 heteroatoms. The Kier molecular flexibility index (Phi) is 6.74. The molecule has 0 saturated heterocycles. The van der Waals surface area contributed by atoms with Crippen LogP contribution in [-0.4, -0.2) is 0 Å². The van der Waals surface area contributed by atoms with Crippen LogP contribution in [0.1, 0.15) is 38.5 Å². The van der Waals surface area contributed by atoms with E-state index in [1.54, 1.807) is 0 Å². The lowest BCUT2D eigenvalue weighted by Gasteiger charge is -1.90. The van der Waals surface area contributed by atoms with Crippen molar-refractivity contribution in [2.45, 2.75) is 38.5 Å². The van der Waals surface area contributed by atoms with Crippen LogP contribution >= 0.6 is 0 Å². The van der Waals surface area contributed by atoms with Crippen molar-refractivity contribution >= 4 is 0 Å². The Bertz CT molecular complexity index is 178. The highest BCUT2D eigenvalue weighted by atomic mass is 13.9. The van der Waals surface area contributed by atoms with Gasteiger partial charge in [-0.05, 0) is 38.5 Å². The quantitative estimate of drug-likeness (QED) is 0.489. The summed E-state index contributed by atoms with van der Waals surface area (Å²) in [6.45, 7) is 0. The Hall–Kier alpha value is -1.04. The molecule has 0 aromatic carbocycles. The van der Waals surface area contributed by atoms with Crippen molar-refractivity contribution < 1.29 is 0 Å². The van der Waals surface area contributed by atoms with Gasteiger partial charge in [-0.15, -0.1) is 0 Å². The third-order valence-corrected chi connectivity index (χ3v) is 2.21. The first-order chi connectivity index (χ1) is 7.00. The van der Waals surface area contributed by atoms with Crippen LogP contribution < -0.4 is 0 Å². The summed E-state index contributed by atoms with van der Waals surface area (Å²) in [5.41, 5.74) is 0. The molecule has 76 valence electrons. The maximum Gasteiger partial charge on any atom is -0.0169 e. The third-order valence-electron chi connectivity index (χ3n) is 2.21. The molecule has 1 aliphatic rings. The molecule has 0 bridgehead atoms. The fourth-order valence-corrected chi connectivity index (χ4v) is 1.40. The predicted molar refractivity (Wildman–Crippen MR) is 64.3 cm³/mol.